The van der Waals surface area contributed by atoms with Crippen LogP contribution in [0.2, 0.25) is 0 Å². The van der Waals surface area contributed by atoms with Crippen LogP contribution >= 0.6 is 0 Å². The Labute approximate surface area is 137 Å². The van der Waals surface area contributed by atoms with E-state index in [0.717, 1.165) is 5.56 Å². The molecular weight excluding hydrogens is 292 g/mol. The molecule has 0 aliphatic carbocycles. The smallest absolute Gasteiger partial charge is 0.221 e. The van der Waals surface area contributed by atoms with Crippen LogP contribution in [0.3, 0.4) is 0 Å². The highest BCUT2D eigenvalue weighted by atomic mass is 16.5. The number of hydrogen-bond acceptors (Lipinski definition) is 4. The summed E-state index contributed by atoms with van der Waals surface area (Å²) in [5.41, 5.74) is 0.974. The monoisotopic (exact) mass is 314 g/mol. The lowest BCUT2D eigenvalue weighted by atomic mass is 10.1. The zero-order valence-electron chi connectivity index (χ0n) is 13.8. The summed E-state index contributed by atoms with van der Waals surface area (Å²) in [7, 11) is 0. The topological polar surface area (TPSA) is 71.3 Å². The van der Waals surface area contributed by atoms with Crippen molar-refractivity contribution in [2.24, 2.45) is 0 Å². The Bertz CT molecular complexity index is 623. The van der Waals surface area contributed by atoms with Gasteiger partial charge in [0.2, 0.25) is 5.91 Å². The molecule has 0 aromatic heterocycles. The summed E-state index contributed by atoms with van der Waals surface area (Å²) in [4.78, 5) is 11.7. The first-order chi connectivity index (χ1) is 11.1. The Morgan fingerprint density at radius 3 is 2.78 bits per heavy atom. The van der Waals surface area contributed by atoms with Gasteiger partial charge in [-0.2, -0.15) is 5.26 Å². The molecule has 1 amide bonds. The van der Waals surface area contributed by atoms with Crippen LogP contribution in [0.1, 0.15) is 32.8 Å². The van der Waals surface area contributed by atoms with E-state index in [1.807, 2.05) is 31.2 Å². The Kier molecular flexibility index (Phi) is 8.10. The van der Waals surface area contributed by atoms with E-state index in [2.05, 4.69) is 17.2 Å². The molecular formula is C18H22N2O3. The minimum absolute atomic E-state index is 0.143. The fourth-order valence-corrected chi connectivity index (χ4v) is 1.89. The van der Waals surface area contributed by atoms with Crippen LogP contribution in [-0.4, -0.2) is 25.2 Å². The van der Waals surface area contributed by atoms with Crippen molar-refractivity contribution < 1.29 is 14.3 Å². The lowest BCUT2D eigenvalue weighted by Crippen LogP contribution is -2.31. The minimum Gasteiger partial charge on any atom is -0.490 e. The van der Waals surface area contributed by atoms with E-state index in [4.69, 9.17) is 14.7 Å². The molecule has 5 heteroatoms. The van der Waals surface area contributed by atoms with E-state index in [-0.39, 0.29) is 5.91 Å². The van der Waals surface area contributed by atoms with Gasteiger partial charge in [0.05, 0.1) is 12.7 Å². The maximum atomic E-state index is 11.7. The molecule has 0 bridgehead atoms. The Hall–Kier alpha value is -2.66. The molecule has 1 aromatic rings. The molecule has 1 rings (SSSR count). The zero-order chi connectivity index (χ0) is 17.1. The van der Waals surface area contributed by atoms with Gasteiger partial charge in [0, 0.05) is 6.42 Å². The molecule has 0 fully saturated rings. The number of nitrogens with zero attached hydrogens (tertiary/aromatic N) is 1. The molecule has 0 radical (unpaired) electrons. The SMILES string of the molecule is CC#CCOc1ccc(CCC(=O)NC(C)C#N)cc1OCC. The van der Waals surface area contributed by atoms with Crippen LogP contribution in [0.25, 0.3) is 0 Å². The van der Waals surface area contributed by atoms with Gasteiger partial charge < -0.3 is 14.8 Å². The third-order valence-corrected chi connectivity index (χ3v) is 3.00. The second kappa shape index (κ2) is 10.1. The average molecular weight is 314 g/mol. The average Bonchev–Trinajstić information content (AvgIpc) is 2.55. The molecule has 1 unspecified atom stereocenters. The molecule has 5 nitrogen and oxygen atoms in total. The molecule has 0 saturated heterocycles. The van der Waals surface area contributed by atoms with E-state index in [1.165, 1.54) is 0 Å². The van der Waals surface area contributed by atoms with Crippen LogP contribution in [0.4, 0.5) is 0 Å². The highest BCUT2D eigenvalue weighted by molar-refractivity contribution is 5.76. The van der Waals surface area contributed by atoms with Gasteiger partial charge in [0.25, 0.3) is 0 Å². The summed E-state index contributed by atoms with van der Waals surface area (Å²) in [6.07, 6.45) is 0.887. The Morgan fingerprint density at radius 1 is 1.35 bits per heavy atom. The van der Waals surface area contributed by atoms with Crippen molar-refractivity contribution in [2.75, 3.05) is 13.2 Å². The molecule has 122 valence electrons. The Balaban J connectivity index is 2.69. The Morgan fingerprint density at radius 2 is 2.13 bits per heavy atom. The van der Waals surface area contributed by atoms with Crippen molar-refractivity contribution in [1.82, 2.24) is 5.32 Å². The minimum atomic E-state index is -0.475. The normalized spacial score (nSPS) is 10.7. The summed E-state index contributed by atoms with van der Waals surface area (Å²) >= 11 is 0. The van der Waals surface area contributed by atoms with Crippen LogP contribution < -0.4 is 14.8 Å². The van der Waals surface area contributed by atoms with Crippen LogP contribution in [0, 0.1) is 23.2 Å². The van der Waals surface area contributed by atoms with Gasteiger partial charge in [-0.15, -0.1) is 5.92 Å². The third-order valence-electron chi connectivity index (χ3n) is 3.00. The van der Waals surface area contributed by atoms with Crippen LogP contribution in [0.5, 0.6) is 11.5 Å². The van der Waals surface area contributed by atoms with Gasteiger partial charge in [-0.05, 0) is 44.9 Å². The van der Waals surface area contributed by atoms with E-state index in [0.29, 0.717) is 37.6 Å². The summed E-state index contributed by atoms with van der Waals surface area (Å²) in [5, 5.41) is 11.3. The van der Waals surface area contributed by atoms with Crippen molar-refractivity contribution in [3.05, 3.63) is 23.8 Å². The summed E-state index contributed by atoms with van der Waals surface area (Å²) in [6, 6.07) is 7.10. The molecule has 1 atom stereocenters. The van der Waals surface area contributed by atoms with Crippen LogP contribution in [0.15, 0.2) is 18.2 Å². The number of rotatable bonds is 8. The number of nitriles is 1. The van der Waals surface area contributed by atoms with Crippen molar-refractivity contribution >= 4 is 5.91 Å². The molecule has 0 aliphatic heterocycles. The van der Waals surface area contributed by atoms with E-state index < -0.39 is 6.04 Å². The molecule has 0 saturated carbocycles. The second-order valence-corrected chi connectivity index (χ2v) is 4.85. The number of carbonyl (C=O) groups excluding carboxylic acids is 1. The maximum Gasteiger partial charge on any atom is 0.221 e. The third kappa shape index (κ3) is 6.76. The standard InChI is InChI=1S/C18H22N2O3/c1-4-6-11-23-16-9-7-15(12-17(16)22-5-2)8-10-18(21)20-14(3)13-19/h7,9,12,14H,5,8,10-11H2,1-3H3,(H,20,21). The first-order valence-corrected chi connectivity index (χ1v) is 7.57. The fourth-order valence-electron chi connectivity index (χ4n) is 1.89. The highest BCUT2D eigenvalue weighted by Gasteiger charge is 2.09. The van der Waals surface area contributed by atoms with Crippen molar-refractivity contribution in [2.45, 2.75) is 39.7 Å². The molecule has 0 spiro atoms. The van der Waals surface area contributed by atoms with Gasteiger partial charge >= 0.3 is 0 Å². The maximum absolute atomic E-state index is 11.7. The van der Waals surface area contributed by atoms with Crippen molar-refractivity contribution in [1.29, 1.82) is 5.26 Å². The summed E-state index contributed by atoms with van der Waals surface area (Å²) in [5.74, 6) is 6.75. The van der Waals surface area contributed by atoms with Crippen LogP contribution in [-0.2, 0) is 11.2 Å². The predicted molar refractivity (Wildman–Crippen MR) is 88.1 cm³/mol. The van der Waals surface area contributed by atoms with Gasteiger partial charge in [0.15, 0.2) is 11.5 Å². The van der Waals surface area contributed by atoms with Gasteiger partial charge in [-0.25, -0.2) is 0 Å². The highest BCUT2D eigenvalue weighted by Crippen LogP contribution is 2.28. The first kappa shape index (κ1) is 18.4. The zero-order valence-corrected chi connectivity index (χ0v) is 13.8. The number of amides is 1. The lowest BCUT2D eigenvalue weighted by Gasteiger charge is -2.12. The lowest BCUT2D eigenvalue weighted by molar-refractivity contribution is -0.121. The van der Waals surface area contributed by atoms with Gasteiger partial charge in [-0.3, -0.25) is 4.79 Å². The van der Waals surface area contributed by atoms with E-state index >= 15 is 0 Å². The van der Waals surface area contributed by atoms with E-state index in [1.54, 1.807) is 13.8 Å². The molecule has 23 heavy (non-hydrogen) atoms. The van der Waals surface area contributed by atoms with Crippen molar-refractivity contribution in [3.63, 3.8) is 0 Å². The molecule has 0 heterocycles. The van der Waals surface area contributed by atoms with Gasteiger partial charge in [0.1, 0.15) is 12.6 Å². The van der Waals surface area contributed by atoms with Crippen molar-refractivity contribution in [3.8, 4) is 29.4 Å². The number of ether oxygens (including phenoxy) is 2. The molecule has 1 aromatic carbocycles. The summed E-state index contributed by atoms with van der Waals surface area (Å²) in [6.45, 7) is 6.15. The summed E-state index contributed by atoms with van der Waals surface area (Å²) < 4.78 is 11.1. The largest absolute Gasteiger partial charge is 0.490 e. The second-order valence-electron chi connectivity index (χ2n) is 4.85. The number of carbonyl (C=O) groups is 1. The number of nitrogens with one attached hydrogen (secondary N) is 1. The number of benzene rings is 1. The fraction of sp³-hybridized carbons (Fsp3) is 0.444. The number of aryl methyl sites for hydroxylation is 1. The van der Waals surface area contributed by atoms with Gasteiger partial charge in [-0.1, -0.05) is 12.0 Å². The number of hydrogen-bond donors (Lipinski definition) is 1. The first-order valence-electron chi connectivity index (χ1n) is 7.57. The molecule has 0 aliphatic rings. The quantitative estimate of drug-likeness (QED) is 0.748. The molecule has 1 N–H and O–H groups in total. The predicted octanol–water partition coefficient (Wildman–Crippen LogP) is 2.45. The van der Waals surface area contributed by atoms with E-state index in [9.17, 15) is 4.79 Å².